The number of hydrogen-bond donors (Lipinski definition) is 0. The maximum atomic E-state index is 13.2. The van der Waals surface area contributed by atoms with Gasteiger partial charge in [0, 0.05) is 19.6 Å². The second-order valence-electron chi connectivity index (χ2n) is 6.88. The van der Waals surface area contributed by atoms with Gasteiger partial charge in [-0.15, -0.1) is 6.58 Å². The molecule has 0 saturated carbocycles. The molecule has 0 spiro atoms. The first-order chi connectivity index (χ1) is 12.7. The van der Waals surface area contributed by atoms with Gasteiger partial charge in [-0.05, 0) is 29.7 Å². The number of piperidine rings is 1. The first-order valence-electron chi connectivity index (χ1n) is 9.38. The fourth-order valence-electron chi connectivity index (χ4n) is 3.59. The molecule has 136 valence electrons. The van der Waals surface area contributed by atoms with Gasteiger partial charge in [-0.3, -0.25) is 9.69 Å². The van der Waals surface area contributed by atoms with Crippen LogP contribution < -0.4 is 4.74 Å². The van der Waals surface area contributed by atoms with Crippen molar-refractivity contribution in [3.63, 3.8) is 0 Å². The number of Topliss-reactive ketones (excluding diaryl/α,β-unsaturated/α-hetero) is 1. The maximum absolute atomic E-state index is 13.2. The highest BCUT2D eigenvalue weighted by Crippen LogP contribution is 2.27. The van der Waals surface area contributed by atoms with E-state index >= 15 is 0 Å². The zero-order valence-corrected chi connectivity index (χ0v) is 15.4. The van der Waals surface area contributed by atoms with Crippen LogP contribution in [0.2, 0.25) is 0 Å². The van der Waals surface area contributed by atoms with Crippen molar-refractivity contribution in [2.24, 2.45) is 0 Å². The molecule has 0 bridgehead atoms. The van der Waals surface area contributed by atoms with Crippen molar-refractivity contribution < 1.29 is 9.53 Å². The molecule has 0 aromatic heterocycles. The number of ketones is 1. The molecule has 3 nitrogen and oxygen atoms in total. The van der Waals surface area contributed by atoms with Crippen molar-refractivity contribution in [2.75, 3.05) is 19.6 Å². The van der Waals surface area contributed by atoms with Crippen LogP contribution in [0, 0.1) is 0 Å². The number of para-hydroxylation sites is 1. The summed E-state index contributed by atoms with van der Waals surface area (Å²) in [6.07, 6.45) is 3.57. The minimum Gasteiger partial charge on any atom is -0.481 e. The highest BCUT2D eigenvalue weighted by molar-refractivity contribution is 5.91. The molecule has 2 aromatic rings. The van der Waals surface area contributed by atoms with Gasteiger partial charge in [-0.1, -0.05) is 61.9 Å². The Morgan fingerprint density at radius 3 is 2.69 bits per heavy atom. The van der Waals surface area contributed by atoms with Gasteiger partial charge in [-0.25, -0.2) is 0 Å². The van der Waals surface area contributed by atoms with Crippen LogP contribution in [-0.4, -0.2) is 36.4 Å². The number of carbonyl (C=O) groups is 1. The zero-order valence-electron chi connectivity index (χ0n) is 15.4. The lowest BCUT2D eigenvalue weighted by molar-refractivity contribution is -0.131. The van der Waals surface area contributed by atoms with Gasteiger partial charge in [0.15, 0.2) is 11.9 Å². The van der Waals surface area contributed by atoms with Gasteiger partial charge in [0.2, 0.25) is 0 Å². The van der Waals surface area contributed by atoms with E-state index in [9.17, 15) is 4.79 Å². The van der Waals surface area contributed by atoms with Gasteiger partial charge in [0.25, 0.3) is 0 Å². The van der Waals surface area contributed by atoms with Gasteiger partial charge < -0.3 is 4.74 Å². The second kappa shape index (κ2) is 8.81. The molecule has 0 aliphatic carbocycles. The summed E-state index contributed by atoms with van der Waals surface area (Å²) in [5, 5.41) is 0. The molecule has 2 atom stereocenters. The molecule has 0 N–H and O–H groups in total. The summed E-state index contributed by atoms with van der Waals surface area (Å²) in [5.41, 5.74) is 2.38. The number of aryl methyl sites for hydroxylation is 1. The van der Waals surface area contributed by atoms with E-state index in [-0.39, 0.29) is 11.7 Å². The van der Waals surface area contributed by atoms with E-state index in [4.69, 9.17) is 4.74 Å². The van der Waals surface area contributed by atoms with E-state index in [0.717, 1.165) is 37.2 Å². The molecule has 1 heterocycles. The third-order valence-corrected chi connectivity index (χ3v) is 4.83. The minimum atomic E-state index is -0.453. The number of rotatable bonds is 7. The Labute approximate surface area is 156 Å². The third-order valence-electron chi connectivity index (χ3n) is 4.83. The van der Waals surface area contributed by atoms with Crippen LogP contribution in [0.1, 0.15) is 30.4 Å². The van der Waals surface area contributed by atoms with E-state index in [1.807, 2.05) is 36.4 Å². The fraction of sp³-hybridized carbons (Fsp3) is 0.348. The van der Waals surface area contributed by atoms with Crippen LogP contribution in [0.5, 0.6) is 5.75 Å². The highest BCUT2D eigenvalue weighted by atomic mass is 16.5. The molecule has 3 rings (SSSR count). The topological polar surface area (TPSA) is 29.5 Å². The lowest BCUT2D eigenvalue weighted by Crippen LogP contribution is -2.51. The van der Waals surface area contributed by atoms with Crippen LogP contribution >= 0.6 is 0 Å². The van der Waals surface area contributed by atoms with Crippen LogP contribution in [0.3, 0.4) is 0 Å². The molecule has 26 heavy (non-hydrogen) atoms. The number of hydrogen-bond acceptors (Lipinski definition) is 3. The van der Waals surface area contributed by atoms with Crippen LogP contribution in [0.25, 0.3) is 0 Å². The lowest BCUT2D eigenvalue weighted by Gasteiger charge is -2.36. The average molecular weight is 349 g/mol. The summed E-state index contributed by atoms with van der Waals surface area (Å²) in [6, 6.07) is 18.1. The molecule has 1 aliphatic heterocycles. The summed E-state index contributed by atoms with van der Waals surface area (Å²) < 4.78 is 6.05. The first-order valence-corrected chi connectivity index (χ1v) is 9.38. The SMILES string of the molecule is C=CCN1CC(Oc2ccccc2)C(=O)C(c2cccc(CCC)c2)C1. The number of ether oxygens (including phenoxy) is 1. The minimum absolute atomic E-state index is 0.158. The molecule has 2 aromatic carbocycles. The highest BCUT2D eigenvalue weighted by Gasteiger charge is 2.37. The quantitative estimate of drug-likeness (QED) is 0.700. The largest absolute Gasteiger partial charge is 0.481 e. The molecule has 1 fully saturated rings. The number of benzene rings is 2. The number of likely N-dealkylation sites (tertiary alicyclic amines) is 1. The zero-order chi connectivity index (χ0) is 18.4. The van der Waals surface area contributed by atoms with Gasteiger partial charge >= 0.3 is 0 Å². The van der Waals surface area contributed by atoms with E-state index in [1.54, 1.807) is 0 Å². The number of carbonyl (C=O) groups excluding carboxylic acids is 1. The fourth-order valence-corrected chi connectivity index (χ4v) is 3.59. The lowest BCUT2D eigenvalue weighted by atomic mass is 9.86. The van der Waals surface area contributed by atoms with Crippen molar-refractivity contribution in [3.05, 3.63) is 78.4 Å². The van der Waals surface area contributed by atoms with Crippen molar-refractivity contribution >= 4 is 5.78 Å². The second-order valence-corrected chi connectivity index (χ2v) is 6.88. The predicted octanol–water partition coefficient (Wildman–Crippen LogP) is 4.24. The first kappa shape index (κ1) is 18.4. The van der Waals surface area contributed by atoms with Gasteiger partial charge in [0.1, 0.15) is 5.75 Å². The Hall–Kier alpha value is -2.39. The average Bonchev–Trinajstić information content (AvgIpc) is 2.66. The van der Waals surface area contributed by atoms with Crippen molar-refractivity contribution in [1.29, 1.82) is 0 Å². The molecular formula is C23H27NO2. The molecule has 1 aliphatic rings. The van der Waals surface area contributed by atoms with Crippen molar-refractivity contribution in [2.45, 2.75) is 31.8 Å². The predicted molar refractivity (Wildman–Crippen MR) is 106 cm³/mol. The molecule has 1 saturated heterocycles. The van der Waals surface area contributed by atoms with Gasteiger partial charge in [-0.2, -0.15) is 0 Å². The van der Waals surface area contributed by atoms with Crippen LogP contribution in [0.15, 0.2) is 67.3 Å². The normalized spacial score (nSPS) is 20.7. The van der Waals surface area contributed by atoms with Crippen LogP contribution in [0.4, 0.5) is 0 Å². The Bertz CT molecular complexity index is 741. The molecular weight excluding hydrogens is 322 g/mol. The smallest absolute Gasteiger partial charge is 0.183 e. The van der Waals surface area contributed by atoms with E-state index in [2.05, 4.69) is 42.7 Å². The Morgan fingerprint density at radius 1 is 1.15 bits per heavy atom. The third kappa shape index (κ3) is 4.41. The summed E-state index contributed by atoms with van der Waals surface area (Å²) in [5.74, 6) is 0.752. The summed E-state index contributed by atoms with van der Waals surface area (Å²) >= 11 is 0. The number of nitrogens with zero attached hydrogens (tertiary/aromatic N) is 1. The van der Waals surface area contributed by atoms with E-state index < -0.39 is 6.10 Å². The Morgan fingerprint density at radius 2 is 1.96 bits per heavy atom. The summed E-state index contributed by atoms with van der Waals surface area (Å²) in [7, 11) is 0. The molecule has 3 heteroatoms. The molecule has 0 amide bonds. The molecule has 0 radical (unpaired) electrons. The monoisotopic (exact) mass is 349 g/mol. The van der Waals surface area contributed by atoms with Crippen molar-refractivity contribution in [3.8, 4) is 5.75 Å². The maximum Gasteiger partial charge on any atom is 0.183 e. The summed E-state index contributed by atoms with van der Waals surface area (Å²) in [6.45, 7) is 8.10. The van der Waals surface area contributed by atoms with E-state index in [0.29, 0.717) is 6.54 Å². The molecule has 2 unspecified atom stereocenters. The Balaban J connectivity index is 1.84. The van der Waals surface area contributed by atoms with E-state index in [1.165, 1.54) is 5.56 Å². The standard InChI is InChI=1S/C23H27NO2/c1-3-9-18-10-8-11-19(15-18)21-16-24(14-4-2)17-22(23(21)25)26-20-12-6-5-7-13-20/h4-8,10-13,15,21-22H,2-3,9,14,16-17H2,1H3. The van der Waals surface area contributed by atoms with Crippen LogP contribution in [-0.2, 0) is 11.2 Å². The summed E-state index contributed by atoms with van der Waals surface area (Å²) in [4.78, 5) is 15.4. The van der Waals surface area contributed by atoms with Crippen molar-refractivity contribution in [1.82, 2.24) is 4.90 Å². The van der Waals surface area contributed by atoms with Gasteiger partial charge in [0.05, 0.1) is 5.92 Å². The Kier molecular flexibility index (Phi) is 6.24.